The summed E-state index contributed by atoms with van der Waals surface area (Å²) in [5.41, 5.74) is 16.5. The molecule has 1 aliphatic rings. The van der Waals surface area contributed by atoms with Crippen LogP contribution in [0.1, 0.15) is 25.0 Å². The summed E-state index contributed by atoms with van der Waals surface area (Å²) in [6, 6.07) is 67.5. The molecule has 3 nitrogen and oxygen atoms in total. The van der Waals surface area contributed by atoms with Crippen LogP contribution in [0.2, 0.25) is 0 Å². The van der Waals surface area contributed by atoms with Crippen molar-refractivity contribution in [2.24, 2.45) is 0 Å². The second-order valence-electron chi connectivity index (χ2n) is 16.0. The second kappa shape index (κ2) is 12.3. The Morgan fingerprint density at radius 2 is 1.02 bits per heavy atom. The van der Waals surface area contributed by atoms with Crippen molar-refractivity contribution in [3.8, 4) is 33.4 Å². The highest BCUT2D eigenvalue weighted by Crippen LogP contribution is 2.53. The molecule has 3 heteroatoms. The van der Waals surface area contributed by atoms with Crippen LogP contribution in [0.5, 0.6) is 0 Å². The normalized spacial score (nSPS) is 13.1. The summed E-state index contributed by atoms with van der Waals surface area (Å²) in [4.78, 5) is 2.37. The van der Waals surface area contributed by atoms with Gasteiger partial charge in [-0.25, -0.2) is 0 Å². The summed E-state index contributed by atoms with van der Waals surface area (Å²) in [7, 11) is 0. The summed E-state index contributed by atoms with van der Waals surface area (Å²) in [6.07, 6.45) is 0. The highest BCUT2D eigenvalue weighted by atomic mass is 16.3. The Morgan fingerprint density at radius 3 is 1.91 bits per heavy atom. The van der Waals surface area contributed by atoms with Crippen molar-refractivity contribution in [3.05, 3.63) is 199 Å². The molecular weight excluding hydrogens is 707 g/mol. The third kappa shape index (κ3) is 4.68. The van der Waals surface area contributed by atoms with Crippen molar-refractivity contribution in [1.82, 2.24) is 0 Å². The van der Waals surface area contributed by atoms with Gasteiger partial charge < -0.3 is 13.7 Å². The van der Waals surface area contributed by atoms with Crippen LogP contribution in [0.3, 0.4) is 0 Å². The van der Waals surface area contributed by atoms with Crippen molar-refractivity contribution < 1.29 is 8.83 Å². The third-order valence-corrected chi connectivity index (χ3v) is 12.5. The minimum Gasteiger partial charge on any atom is -0.455 e. The molecule has 0 unspecified atom stereocenters. The van der Waals surface area contributed by atoms with E-state index in [1.807, 2.05) is 6.07 Å². The molecule has 58 heavy (non-hydrogen) atoms. The van der Waals surface area contributed by atoms with Gasteiger partial charge in [-0.2, -0.15) is 0 Å². The van der Waals surface area contributed by atoms with Gasteiger partial charge in [-0.1, -0.05) is 159 Å². The number of nitrogens with zero attached hydrogens (tertiary/aromatic N) is 1. The van der Waals surface area contributed by atoms with Gasteiger partial charge in [0, 0.05) is 43.6 Å². The minimum absolute atomic E-state index is 0.117. The van der Waals surface area contributed by atoms with Crippen LogP contribution >= 0.6 is 0 Å². The van der Waals surface area contributed by atoms with Crippen LogP contribution in [0.4, 0.5) is 17.1 Å². The van der Waals surface area contributed by atoms with Crippen LogP contribution in [0.15, 0.2) is 197 Å². The summed E-state index contributed by atoms with van der Waals surface area (Å²) in [5.74, 6) is 0. The molecule has 0 saturated heterocycles. The molecule has 0 atom stereocenters. The van der Waals surface area contributed by atoms with E-state index in [0.29, 0.717) is 0 Å². The molecule has 2 aromatic heterocycles. The lowest BCUT2D eigenvalue weighted by atomic mass is 9.79. The number of hydrogen-bond donors (Lipinski definition) is 0. The van der Waals surface area contributed by atoms with E-state index < -0.39 is 0 Å². The van der Waals surface area contributed by atoms with E-state index in [1.165, 1.54) is 33.4 Å². The largest absolute Gasteiger partial charge is 0.455 e. The van der Waals surface area contributed by atoms with Crippen molar-refractivity contribution >= 4 is 71.7 Å². The first-order valence-electron chi connectivity index (χ1n) is 20.0. The maximum Gasteiger partial charge on any atom is 0.159 e. The number of hydrogen-bond acceptors (Lipinski definition) is 3. The molecule has 274 valence electrons. The minimum atomic E-state index is -0.117. The van der Waals surface area contributed by atoms with Gasteiger partial charge in [0.05, 0.1) is 11.4 Å². The maximum absolute atomic E-state index is 6.75. The fraction of sp³-hybridized carbons (Fsp3) is 0.0545. The second-order valence-corrected chi connectivity index (χ2v) is 16.0. The lowest BCUT2D eigenvalue weighted by Crippen LogP contribution is -2.16. The number of para-hydroxylation sites is 3. The van der Waals surface area contributed by atoms with Crippen LogP contribution in [0, 0.1) is 0 Å². The van der Waals surface area contributed by atoms with Crippen molar-refractivity contribution in [3.63, 3.8) is 0 Å². The smallest absolute Gasteiger partial charge is 0.159 e. The molecule has 0 amide bonds. The van der Waals surface area contributed by atoms with Crippen molar-refractivity contribution in [2.45, 2.75) is 19.3 Å². The van der Waals surface area contributed by atoms with Gasteiger partial charge in [-0.15, -0.1) is 0 Å². The molecule has 2 heterocycles. The van der Waals surface area contributed by atoms with E-state index in [9.17, 15) is 0 Å². The van der Waals surface area contributed by atoms with Crippen LogP contribution in [-0.2, 0) is 5.41 Å². The van der Waals surface area contributed by atoms with E-state index in [1.54, 1.807) is 0 Å². The van der Waals surface area contributed by atoms with Gasteiger partial charge in [0.2, 0.25) is 0 Å². The zero-order valence-corrected chi connectivity index (χ0v) is 32.2. The Hall–Kier alpha value is -7.36. The van der Waals surface area contributed by atoms with Crippen LogP contribution < -0.4 is 4.90 Å². The van der Waals surface area contributed by atoms with Gasteiger partial charge in [-0.3, -0.25) is 0 Å². The molecule has 11 aromatic rings. The molecule has 0 N–H and O–H groups in total. The third-order valence-electron chi connectivity index (χ3n) is 12.5. The standard InChI is InChI=1S/C55H37NO2/c1-55(2)46-23-8-5-16-39(46)43-21-11-19-37(52(43)55)35-28-31-36(32-29-35)56(48-25-12-22-44-41-18-7-10-26-49(41)57-54(44)48)47-24-9-6-17-40(47)42-20-13-27-50-51(42)45-33-30-34-14-3-4-15-38(34)53(45)58-50/h3-33H,1-2H3. The fourth-order valence-corrected chi connectivity index (χ4v) is 9.87. The zero-order valence-electron chi connectivity index (χ0n) is 32.2. The van der Waals surface area contributed by atoms with Gasteiger partial charge in [0.1, 0.15) is 16.7 Å². The lowest BCUT2D eigenvalue weighted by molar-refractivity contribution is 0.662. The topological polar surface area (TPSA) is 29.5 Å². The van der Waals surface area contributed by atoms with Gasteiger partial charge >= 0.3 is 0 Å². The lowest BCUT2D eigenvalue weighted by Gasteiger charge is -2.28. The molecule has 0 saturated carbocycles. The quantitative estimate of drug-likeness (QED) is 0.176. The number of anilines is 3. The predicted molar refractivity (Wildman–Crippen MR) is 242 cm³/mol. The first-order valence-corrected chi connectivity index (χ1v) is 20.0. The molecule has 12 rings (SSSR count). The average molecular weight is 744 g/mol. The molecule has 1 aliphatic carbocycles. The Kier molecular flexibility index (Phi) is 6.98. The number of benzene rings is 9. The van der Waals surface area contributed by atoms with E-state index in [4.69, 9.17) is 8.83 Å². The van der Waals surface area contributed by atoms with Gasteiger partial charge in [-0.05, 0) is 86.8 Å². The van der Waals surface area contributed by atoms with E-state index in [-0.39, 0.29) is 5.41 Å². The molecular formula is C55H37NO2. The molecule has 0 spiro atoms. The molecule has 9 aromatic carbocycles. The van der Waals surface area contributed by atoms with Crippen molar-refractivity contribution in [2.75, 3.05) is 4.90 Å². The first-order chi connectivity index (χ1) is 28.5. The Bertz CT molecular complexity index is 3440. The number of fused-ring (bicyclic) bond motifs is 11. The van der Waals surface area contributed by atoms with Crippen molar-refractivity contribution in [1.29, 1.82) is 0 Å². The maximum atomic E-state index is 6.75. The molecule has 0 radical (unpaired) electrons. The number of rotatable bonds is 5. The van der Waals surface area contributed by atoms with E-state index >= 15 is 0 Å². The monoisotopic (exact) mass is 743 g/mol. The molecule has 0 fully saturated rings. The van der Waals surface area contributed by atoms with Crippen LogP contribution in [0.25, 0.3) is 88.0 Å². The van der Waals surface area contributed by atoms with Crippen LogP contribution in [-0.4, -0.2) is 0 Å². The van der Waals surface area contributed by atoms with Gasteiger partial charge in [0.25, 0.3) is 0 Å². The summed E-state index contributed by atoms with van der Waals surface area (Å²) < 4.78 is 13.4. The molecule has 0 aliphatic heterocycles. The Labute approximate surface area is 336 Å². The highest BCUT2D eigenvalue weighted by molar-refractivity contribution is 6.20. The molecule has 0 bridgehead atoms. The summed E-state index contributed by atoms with van der Waals surface area (Å²) in [5, 5.41) is 6.68. The van der Waals surface area contributed by atoms with E-state index in [2.05, 4.69) is 201 Å². The summed E-state index contributed by atoms with van der Waals surface area (Å²) in [6.45, 7) is 4.71. The van der Waals surface area contributed by atoms with E-state index in [0.717, 1.165) is 82.8 Å². The highest BCUT2D eigenvalue weighted by Gasteiger charge is 2.37. The van der Waals surface area contributed by atoms with Gasteiger partial charge in [0.15, 0.2) is 5.58 Å². The fourth-order valence-electron chi connectivity index (χ4n) is 9.87. The first kappa shape index (κ1) is 32.8. The SMILES string of the molecule is CC1(C)c2ccccc2-c2cccc(-c3ccc(N(c4ccccc4-c4cccc5oc6c7ccccc7ccc6c45)c4cccc5c4oc4ccccc45)cc3)c21. The Balaban J connectivity index is 1.08. The average Bonchev–Trinajstić information content (AvgIpc) is 3.93. The Morgan fingerprint density at radius 1 is 0.397 bits per heavy atom. The zero-order chi connectivity index (χ0) is 38.5. The predicted octanol–water partition coefficient (Wildman–Crippen LogP) is 15.7. The number of furan rings is 2. The summed E-state index contributed by atoms with van der Waals surface area (Å²) >= 11 is 0.